The van der Waals surface area contributed by atoms with Crippen molar-refractivity contribution in [1.29, 1.82) is 5.26 Å². The lowest BCUT2D eigenvalue weighted by molar-refractivity contribution is 0.262. The van der Waals surface area contributed by atoms with Gasteiger partial charge in [-0.3, -0.25) is 0 Å². The fraction of sp³-hybridized carbons (Fsp3) is 0.500. The highest BCUT2D eigenvalue weighted by atomic mass is 35.5. The molecule has 0 aliphatic carbocycles. The second kappa shape index (κ2) is 6.32. The molecule has 1 aliphatic heterocycles. The zero-order valence-corrected chi connectivity index (χ0v) is 13.7. The van der Waals surface area contributed by atoms with Gasteiger partial charge in [-0.15, -0.1) is 0 Å². The molecule has 1 atom stereocenters. The summed E-state index contributed by atoms with van der Waals surface area (Å²) in [5, 5.41) is 9.24. The molecule has 21 heavy (non-hydrogen) atoms. The molecule has 1 aromatic rings. The maximum Gasteiger partial charge on any atom is 0.243 e. The number of sulfonamides is 1. The maximum absolute atomic E-state index is 12.6. The predicted octanol–water partition coefficient (Wildman–Crippen LogP) is 1.93. The van der Waals surface area contributed by atoms with Crippen LogP contribution in [0.3, 0.4) is 0 Å². The molecule has 114 valence electrons. The Labute approximate surface area is 130 Å². The second-order valence-electron chi connectivity index (χ2n) is 5.13. The largest absolute Gasteiger partial charge is 0.302 e. The van der Waals surface area contributed by atoms with E-state index in [2.05, 4.69) is 11.8 Å². The smallest absolute Gasteiger partial charge is 0.243 e. The van der Waals surface area contributed by atoms with Crippen molar-refractivity contribution < 1.29 is 8.42 Å². The number of benzene rings is 1. The first-order valence-electron chi connectivity index (χ1n) is 6.80. The van der Waals surface area contributed by atoms with Crippen LogP contribution in [0.15, 0.2) is 23.1 Å². The van der Waals surface area contributed by atoms with Crippen LogP contribution < -0.4 is 0 Å². The Balaban J connectivity index is 2.26. The minimum Gasteiger partial charge on any atom is -0.302 e. The molecule has 7 heteroatoms. The minimum absolute atomic E-state index is 0.128. The van der Waals surface area contributed by atoms with Crippen LogP contribution in [-0.4, -0.2) is 50.3 Å². The van der Waals surface area contributed by atoms with Gasteiger partial charge in [-0.05, 0) is 38.2 Å². The average molecular weight is 328 g/mol. The zero-order valence-electron chi connectivity index (χ0n) is 12.1. The van der Waals surface area contributed by atoms with Crippen LogP contribution in [0, 0.1) is 11.3 Å². The molecule has 1 heterocycles. The monoisotopic (exact) mass is 327 g/mol. The second-order valence-corrected chi connectivity index (χ2v) is 7.48. The normalized spacial score (nSPS) is 19.9. The van der Waals surface area contributed by atoms with Crippen LogP contribution in [0.25, 0.3) is 0 Å². The van der Waals surface area contributed by atoms with Crippen LogP contribution in [0.2, 0.25) is 5.02 Å². The molecule has 0 amide bonds. The van der Waals surface area contributed by atoms with E-state index in [0.717, 1.165) is 13.0 Å². The first-order valence-corrected chi connectivity index (χ1v) is 8.62. The summed E-state index contributed by atoms with van der Waals surface area (Å²) in [4.78, 5) is 2.28. The summed E-state index contributed by atoms with van der Waals surface area (Å²) < 4.78 is 26.7. The number of hydrogen-bond acceptors (Lipinski definition) is 4. The van der Waals surface area contributed by atoms with Crippen molar-refractivity contribution in [3.05, 3.63) is 28.8 Å². The van der Waals surface area contributed by atoms with Crippen molar-refractivity contribution in [2.24, 2.45) is 0 Å². The quantitative estimate of drug-likeness (QED) is 0.847. The molecule has 0 saturated carbocycles. The molecular formula is C14H18ClN3O2S. The van der Waals surface area contributed by atoms with E-state index in [1.165, 1.54) is 22.5 Å². The summed E-state index contributed by atoms with van der Waals surface area (Å²) >= 11 is 5.85. The molecule has 0 radical (unpaired) electrons. The molecule has 1 unspecified atom stereocenters. The number of hydrogen-bond donors (Lipinski definition) is 0. The van der Waals surface area contributed by atoms with E-state index in [4.69, 9.17) is 16.9 Å². The SMILES string of the molecule is CCN(C)C1CCN(S(=O)(=O)c2ccc(Cl)c(C#N)c2)C1. The van der Waals surface area contributed by atoms with Crippen LogP contribution in [-0.2, 0) is 10.0 Å². The third-order valence-electron chi connectivity index (χ3n) is 3.94. The van der Waals surface area contributed by atoms with Gasteiger partial charge in [-0.2, -0.15) is 9.57 Å². The number of halogens is 1. The highest BCUT2D eigenvalue weighted by Crippen LogP contribution is 2.26. The fourth-order valence-corrected chi connectivity index (χ4v) is 4.13. The van der Waals surface area contributed by atoms with E-state index in [0.29, 0.717) is 13.1 Å². The van der Waals surface area contributed by atoms with Crippen LogP contribution in [0.1, 0.15) is 18.9 Å². The molecule has 0 aromatic heterocycles. The molecule has 1 aromatic carbocycles. The number of rotatable bonds is 4. The lowest BCUT2D eigenvalue weighted by Gasteiger charge is -2.23. The fourth-order valence-electron chi connectivity index (χ4n) is 2.45. The van der Waals surface area contributed by atoms with Gasteiger partial charge >= 0.3 is 0 Å². The summed E-state index contributed by atoms with van der Waals surface area (Å²) in [5.74, 6) is 0. The Morgan fingerprint density at radius 3 is 2.86 bits per heavy atom. The molecule has 1 aliphatic rings. The van der Waals surface area contributed by atoms with E-state index in [-0.39, 0.29) is 21.5 Å². The molecule has 5 nitrogen and oxygen atoms in total. The van der Waals surface area contributed by atoms with Crippen molar-refractivity contribution >= 4 is 21.6 Å². The van der Waals surface area contributed by atoms with E-state index in [1.54, 1.807) is 0 Å². The van der Waals surface area contributed by atoms with Crippen molar-refractivity contribution in [1.82, 2.24) is 9.21 Å². The van der Waals surface area contributed by atoms with Gasteiger partial charge < -0.3 is 4.90 Å². The molecule has 0 bridgehead atoms. The number of likely N-dealkylation sites (N-methyl/N-ethyl adjacent to an activating group) is 1. The van der Waals surface area contributed by atoms with Gasteiger partial charge in [0.2, 0.25) is 10.0 Å². The summed E-state index contributed by atoms with van der Waals surface area (Å²) in [7, 11) is -1.57. The summed E-state index contributed by atoms with van der Waals surface area (Å²) in [6.07, 6.45) is 0.822. The van der Waals surface area contributed by atoms with Crippen LogP contribution >= 0.6 is 11.6 Å². The highest BCUT2D eigenvalue weighted by molar-refractivity contribution is 7.89. The summed E-state index contributed by atoms with van der Waals surface area (Å²) in [5.41, 5.74) is 0.180. The van der Waals surface area contributed by atoms with E-state index >= 15 is 0 Å². The van der Waals surface area contributed by atoms with Crippen molar-refractivity contribution in [3.8, 4) is 6.07 Å². The van der Waals surface area contributed by atoms with Crippen molar-refractivity contribution in [2.75, 3.05) is 26.7 Å². The maximum atomic E-state index is 12.6. The lowest BCUT2D eigenvalue weighted by atomic mass is 10.2. The first kappa shape index (κ1) is 16.2. The standard InChI is InChI=1S/C14H18ClN3O2S/c1-3-17(2)12-6-7-18(10-12)21(19,20)13-4-5-14(15)11(8-13)9-16/h4-5,8,12H,3,6-7,10H2,1-2H3. The predicted molar refractivity (Wildman–Crippen MR) is 81.6 cm³/mol. The third kappa shape index (κ3) is 3.22. The molecule has 0 spiro atoms. The van der Waals surface area contributed by atoms with Crippen LogP contribution in [0.4, 0.5) is 0 Å². The molecule has 0 N–H and O–H groups in total. The van der Waals surface area contributed by atoms with Gasteiger partial charge in [0.05, 0.1) is 15.5 Å². The summed E-state index contributed by atoms with van der Waals surface area (Å²) in [6, 6.07) is 6.41. The Hall–Kier alpha value is -1.13. The van der Waals surface area contributed by atoms with E-state index in [1.807, 2.05) is 13.1 Å². The van der Waals surface area contributed by atoms with Gasteiger partial charge in [0.15, 0.2) is 0 Å². The van der Waals surface area contributed by atoms with Gasteiger partial charge in [-0.25, -0.2) is 8.42 Å². The Bertz CT molecular complexity index is 669. The van der Waals surface area contributed by atoms with E-state index in [9.17, 15) is 8.42 Å². The number of nitrogens with zero attached hydrogens (tertiary/aromatic N) is 3. The van der Waals surface area contributed by atoms with Gasteiger partial charge in [0.25, 0.3) is 0 Å². The average Bonchev–Trinajstić information content (AvgIpc) is 2.97. The molecule has 1 fully saturated rings. The molecule has 1 saturated heterocycles. The van der Waals surface area contributed by atoms with Gasteiger partial charge in [-0.1, -0.05) is 18.5 Å². The Kier molecular flexibility index (Phi) is 4.89. The van der Waals surface area contributed by atoms with E-state index < -0.39 is 10.0 Å². The topological polar surface area (TPSA) is 64.4 Å². The van der Waals surface area contributed by atoms with Crippen molar-refractivity contribution in [3.63, 3.8) is 0 Å². The van der Waals surface area contributed by atoms with Crippen LogP contribution in [0.5, 0.6) is 0 Å². The van der Waals surface area contributed by atoms with Crippen molar-refractivity contribution in [2.45, 2.75) is 24.3 Å². The summed E-state index contributed by atoms with van der Waals surface area (Å²) in [6.45, 7) is 3.92. The molecular weight excluding hydrogens is 310 g/mol. The highest BCUT2D eigenvalue weighted by Gasteiger charge is 2.34. The Morgan fingerprint density at radius 2 is 2.24 bits per heavy atom. The number of nitriles is 1. The zero-order chi connectivity index (χ0) is 15.6. The Morgan fingerprint density at radius 1 is 1.52 bits per heavy atom. The lowest BCUT2D eigenvalue weighted by Crippen LogP contribution is -2.36. The minimum atomic E-state index is -3.57. The van der Waals surface area contributed by atoms with Gasteiger partial charge in [0, 0.05) is 19.1 Å². The third-order valence-corrected chi connectivity index (χ3v) is 6.14. The molecule has 2 rings (SSSR count). The van der Waals surface area contributed by atoms with Gasteiger partial charge in [0.1, 0.15) is 6.07 Å². The first-order chi connectivity index (χ1) is 9.90.